The van der Waals surface area contributed by atoms with E-state index in [2.05, 4.69) is 15.0 Å². The SMILES string of the molecule is Cc1ccccc1S(=O)(=O)Nc1ccc(Nc2ccc(F)c(F)c2)cn1. The van der Waals surface area contributed by atoms with Crippen LogP contribution in [0.15, 0.2) is 65.7 Å². The Morgan fingerprint density at radius 2 is 1.65 bits per heavy atom. The van der Waals surface area contributed by atoms with Gasteiger partial charge in [0.05, 0.1) is 16.8 Å². The second-order valence-electron chi connectivity index (χ2n) is 5.56. The number of halogens is 2. The second-order valence-corrected chi connectivity index (χ2v) is 7.21. The summed E-state index contributed by atoms with van der Waals surface area (Å²) in [5.41, 5.74) is 1.46. The number of sulfonamides is 1. The van der Waals surface area contributed by atoms with E-state index in [9.17, 15) is 17.2 Å². The van der Waals surface area contributed by atoms with Crippen molar-refractivity contribution in [1.29, 1.82) is 0 Å². The van der Waals surface area contributed by atoms with E-state index in [0.29, 0.717) is 16.9 Å². The first-order chi connectivity index (χ1) is 12.3. The summed E-state index contributed by atoms with van der Waals surface area (Å²) in [7, 11) is -3.75. The summed E-state index contributed by atoms with van der Waals surface area (Å²) >= 11 is 0. The van der Waals surface area contributed by atoms with Crippen molar-refractivity contribution < 1.29 is 17.2 Å². The topological polar surface area (TPSA) is 71.1 Å². The first kappa shape index (κ1) is 17.8. The zero-order valence-corrected chi connectivity index (χ0v) is 14.5. The summed E-state index contributed by atoms with van der Waals surface area (Å²) in [6.45, 7) is 1.71. The molecular weight excluding hydrogens is 360 g/mol. The molecule has 0 aliphatic rings. The number of benzene rings is 2. The van der Waals surface area contributed by atoms with Gasteiger partial charge in [0.25, 0.3) is 10.0 Å². The molecule has 1 heterocycles. The van der Waals surface area contributed by atoms with Gasteiger partial charge in [0.15, 0.2) is 11.6 Å². The largest absolute Gasteiger partial charge is 0.354 e. The first-order valence-corrected chi connectivity index (χ1v) is 9.10. The van der Waals surface area contributed by atoms with Crippen molar-refractivity contribution in [3.63, 3.8) is 0 Å². The lowest BCUT2D eigenvalue weighted by Crippen LogP contribution is -2.15. The van der Waals surface area contributed by atoms with Crippen LogP contribution in [0.1, 0.15) is 5.56 Å². The van der Waals surface area contributed by atoms with E-state index in [-0.39, 0.29) is 10.7 Å². The maximum Gasteiger partial charge on any atom is 0.263 e. The minimum atomic E-state index is -3.75. The summed E-state index contributed by atoms with van der Waals surface area (Å²) in [6, 6.07) is 13.1. The van der Waals surface area contributed by atoms with Crippen molar-refractivity contribution in [2.75, 3.05) is 10.0 Å². The molecule has 2 N–H and O–H groups in total. The fraction of sp³-hybridized carbons (Fsp3) is 0.0556. The molecule has 3 rings (SSSR count). The molecule has 0 atom stereocenters. The Kier molecular flexibility index (Phi) is 4.85. The lowest BCUT2D eigenvalue weighted by Gasteiger charge is -2.11. The third-order valence-electron chi connectivity index (χ3n) is 3.59. The van der Waals surface area contributed by atoms with Crippen LogP contribution in [0.4, 0.5) is 26.0 Å². The Morgan fingerprint density at radius 3 is 2.31 bits per heavy atom. The Labute approximate surface area is 149 Å². The van der Waals surface area contributed by atoms with E-state index < -0.39 is 21.7 Å². The van der Waals surface area contributed by atoms with Crippen LogP contribution in [0.2, 0.25) is 0 Å². The van der Waals surface area contributed by atoms with Gasteiger partial charge in [-0.25, -0.2) is 22.2 Å². The summed E-state index contributed by atoms with van der Waals surface area (Å²) in [5, 5.41) is 2.86. The van der Waals surface area contributed by atoms with Crippen LogP contribution < -0.4 is 10.0 Å². The number of pyridine rings is 1. The van der Waals surface area contributed by atoms with E-state index in [4.69, 9.17) is 0 Å². The van der Waals surface area contributed by atoms with Gasteiger partial charge in [0.2, 0.25) is 0 Å². The van der Waals surface area contributed by atoms with Crippen molar-refractivity contribution >= 4 is 27.2 Å². The van der Waals surface area contributed by atoms with E-state index in [1.807, 2.05) is 0 Å². The predicted molar refractivity (Wildman–Crippen MR) is 95.9 cm³/mol. The molecule has 134 valence electrons. The second kappa shape index (κ2) is 7.09. The van der Waals surface area contributed by atoms with Gasteiger partial charge in [0.1, 0.15) is 5.82 Å². The van der Waals surface area contributed by atoms with Crippen LogP contribution in [0.3, 0.4) is 0 Å². The van der Waals surface area contributed by atoms with Gasteiger partial charge in [-0.05, 0) is 42.8 Å². The number of anilines is 3. The molecule has 0 unspecified atom stereocenters. The number of aromatic nitrogens is 1. The molecule has 8 heteroatoms. The van der Waals surface area contributed by atoms with Crippen LogP contribution in [0.25, 0.3) is 0 Å². The van der Waals surface area contributed by atoms with E-state index in [0.717, 1.165) is 12.1 Å². The van der Waals surface area contributed by atoms with Gasteiger partial charge in [-0.15, -0.1) is 0 Å². The number of hydrogen-bond donors (Lipinski definition) is 2. The average Bonchev–Trinajstić information content (AvgIpc) is 2.60. The molecule has 0 amide bonds. The first-order valence-electron chi connectivity index (χ1n) is 7.62. The molecule has 3 aromatic rings. The molecule has 0 radical (unpaired) electrons. The summed E-state index contributed by atoms with van der Waals surface area (Å²) in [5.74, 6) is -1.76. The molecule has 0 bridgehead atoms. The van der Waals surface area contributed by atoms with Crippen LogP contribution in [0, 0.1) is 18.6 Å². The van der Waals surface area contributed by atoms with Crippen molar-refractivity contribution in [3.8, 4) is 0 Å². The fourth-order valence-corrected chi connectivity index (χ4v) is 3.57. The van der Waals surface area contributed by atoms with Crippen molar-refractivity contribution in [2.24, 2.45) is 0 Å². The average molecular weight is 375 g/mol. The molecular formula is C18H15F2N3O2S. The molecule has 0 saturated heterocycles. The molecule has 0 aliphatic heterocycles. The molecule has 2 aromatic carbocycles. The lowest BCUT2D eigenvalue weighted by atomic mass is 10.2. The number of hydrogen-bond acceptors (Lipinski definition) is 4. The van der Waals surface area contributed by atoms with Crippen molar-refractivity contribution in [1.82, 2.24) is 4.98 Å². The molecule has 0 spiro atoms. The number of rotatable bonds is 5. The van der Waals surface area contributed by atoms with Crippen LogP contribution >= 0.6 is 0 Å². The zero-order chi connectivity index (χ0) is 18.7. The summed E-state index contributed by atoms with van der Waals surface area (Å²) in [6.07, 6.45) is 1.39. The van der Waals surface area contributed by atoms with Gasteiger partial charge < -0.3 is 5.32 Å². The van der Waals surface area contributed by atoms with Crippen molar-refractivity contribution in [2.45, 2.75) is 11.8 Å². The standard InChI is InChI=1S/C18H15F2N3O2S/c1-12-4-2-3-5-17(12)26(24,25)23-18-9-7-14(11-21-18)22-13-6-8-15(19)16(20)10-13/h2-11,22H,1H3,(H,21,23). The van der Waals surface area contributed by atoms with Gasteiger partial charge in [-0.3, -0.25) is 4.72 Å². The summed E-state index contributed by atoms with van der Waals surface area (Å²) in [4.78, 5) is 4.21. The Morgan fingerprint density at radius 1 is 0.923 bits per heavy atom. The normalized spacial score (nSPS) is 11.2. The highest BCUT2D eigenvalue weighted by Crippen LogP contribution is 2.21. The van der Waals surface area contributed by atoms with Gasteiger partial charge >= 0.3 is 0 Å². The van der Waals surface area contributed by atoms with Gasteiger partial charge in [-0.2, -0.15) is 0 Å². The minimum Gasteiger partial charge on any atom is -0.354 e. The Bertz CT molecular complexity index is 1040. The zero-order valence-electron chi connectivity index (χ0n) is 13.7. The minimum absolute atomic E-state index is 0.143. The quantitative estimate of drug-likeness (QED) is 0.701. The highest BCUT2D eigenvalue weighted by atomic mass is 32.2. The highest BCUT2D eigenvalue weighted by Gasteiger charge is 2.16. The predicted octanol–water partition coefficient (Wildman–Crippen LogP) is 4.21. The maximum atomic E-state index is 13.2. The van der Waals surface area contributed by atoms with E-state index in [1.165, 1.54) is 24.4 Å². The van der Waals surface area contributed by atoms with Crippen LogP contribution in [0.5, 0.6) is 0 Å². The van der Waals surface area contributed by atoms with Crippen LogP contribution in [-0.2, 0) is 10.0 Å². The molecule has 26 heavy (non-hydrogen) atoms. The maximum absolute atomic E-state index is 13.2. The molecule has 1 aromatic heterocycles. The Balaban J connectivity index is 1.75. The fourth-order valence-electron chi connectivity index (χ4n) is 2.32. The third-order valence-corrected chi connectivity index (χ3v) is 5.11. The third kappa shape index (κ3) is 3.97. The molecule has 0 saturated carbocycles. The smallest absolute Gasteiger partial charge is 0.263 e. The molecule has 0 aliphatic carbocycles. The Hall–Kier alpha value is -3.00. The van der Waals surface area contributed by atoms with Crippen LogP contribution in [-0.4, -0.2) is 13.4 Å². The van der Waals surface area contributed by atoms with Gasteiger partial charge in [-0.1, -0.05) is 18.2 Å². The lowest BCUT2D eigenvalue weighted by molar-refractivity contribution is 0.509. The van der Waals surface area contributed by atoms with E-state index >= 15 is 0 Å². The molecule has 5 nitrogen and oxygen atoms in total. The number of aryl methyl sites for hydroxylation is 1. The molecule has 0 fully saturated rings. The highest BCUT2D eigenvalue weighted by molar-refractivity contribution is 7.92. The van der Waals surface area contributed by atoms with Crippen molar-refractivity contribution in [3.05, 3.63) is 78.0 Å². The van der Waals surface area contributed by atoms with E-state index in [1.54, 1.807) is 31.2 Å². The monoisotopic (exact) mass is 375 g/mol. The van der Waals surface area contributed by atoms with Gasteiger partial charge in [0, 0.05) is 11.8 Å². The number of nitrogens with zero attached hydrogens (tertiary/aromatic N) is 1. The summed E-state index contributed by atoms with van der Waals surface area (Å²) < 4.78 is 53.4. The number of nitrogens with one attached hydrogen (secondary N) is 2.